The Morgan fingerprint density at radius 3 is 2.71 bits per heavy atom. The fourth-order valence-electron chi connectivity index (χ4n) is 2.77. The lowest BCUT2D eigenvalue weighted by Gasteiger charge is -2.17. The normalized spacial score (nSPS) is 20.0. The lowest BCUT2D eigenvalue weighted by molar-refractivity contribution is -0.121. The molecule has 0 saturated carbocycles. The summed E-state index contributed by atoms with van der Waals surface area (Å²) in [6.07, 6.45) is 0.911. The van der Waals surface area contributed by atoms with Crippen molar-refractivity contribution in [1.82, 2.24) is 5.32 Å². The van der Waals surface area contributed by atoms with E-state index in [4.69, 9.17) is 11.6 Å². The Balaban J connectivity index is 1.72. The van der Waals surface area contributed by atoms with Gasteiger partial charge in [-0.05, 0) is 23.6 Å². The van der Waals surface area contributed by atoms with E-state index in [0.717, 1.165) is 12.0 Å². The molecule has 0 spiro atoms. The highest BCUT2D eigenvalue weighted by Crippen LogP contribution is 2.34. The van der Waals surface area contributed by atoms with Crippen LogP contribution in [0.15, 0.2) is 48.5 Å². The first-order valence-corrected chi connectivity index (χ1v) is 7.37. The monoisotopic (exact) mass is 301 g/mol. The van der Waals surface area contributed by atoms with Crippen molar-refractivity contribution in [3.8, 4) is 5.75 Å². The van der Waals surface area contributed by atoms with Crippen LogP contribution >= 0.6 is 11.6 Å². The molecule has 3 rings (SSSR count). The lowest BCUT2D eigenvalue weighted by atomic mass is 10.1. The van der Waals surface area contributed by atoms with Gasteiger partial charge in [-0.25, -0.2) is 0 Å². The van der Waals surface area contributed by atoms with Crippen LogP contribution in [-0.4, -0.2) is 16.4 Å². The van der Waals surface area contributed by atoms with Crippen molar-refractivity contribution < 1.29 is 9.90 Å². The third-order valence-electron chi connectivity index (χ3n) is 3.83. The van der Waals surface area contributed by atoms with Crippen LogP contribution in [0.2, 0.25) is 0 Å². The maximum Gasteiger partial charge on any atom is 0.225 e. The molecule has 0 radical (unpaired) electrons. The zero-order chi connectivity index (χ0) is 14.8. The van der Waals surface area contributed by atoms with Crippen molar-refractivity contribution in [1.29, 1.82) is 0 Å². The first-order valence-electron chi connectivity index (χ1n) is 6.93. The van der Waals surface area contributed by atoms with Crippen molar-refractivity contribution in [2.24, 2.45) is 0 Å². The van der Waals surface area contributed by atoms with Crippen LogP contribution in [0.4, 0.5) is 0 Å². The van der Waals surface area contributed by atoms with E-state index >= 15 is 0 Å². The Kier molecular flexibility index (Phi) is 3.84. The highest BCUT2D eigenvalue weighted by molar-refractivity contribution is 6.21. The van der Waals surface area contributed by atoms with E-state index < -0.39 is 0 Å². The summed E-state index contributed by atoms with van der Waals surface area (Å²) in [6, 6.07) is 14.7. The Morgan fingerprint density at radius 1 is 1.19 bits per heavy atom. The van der Waals surface area contributed by atoms with Gasteiger partial charge in [-0.3, -0.25) is 4.79 Å². The van der Waals surface area contributed by atoms with Gasteiger partial charge in [0.15, 0.2) is 0 Å². The second-order valence-corrected chi connectivity index (χ2v) is 5.83. The number of amides is 1. The number of hydrogen-bond acceptors (Lipinski definition) is 2. The van der Waals surface area contributed by atoms with Gasteiger partial charge in [0.05, 0.1) is 17.8 Å². The van der Waals surface area contributed by atoms with E-state index in [9.17, 15) is 9.90 Å². The Hall–Kier alpha value is -2.00. The molecule has 2 atom stereocenters. The number of rotatable bonds is 3. The summed E-state index contributed by atoms with van der Waals surface area (Å²) >= 11 is 6.36. The molecule has 108 valence electrons. The molecule has 0 aliphatic heterocycles. The average molecular weight is 302 g/mol. The third kappa shape index (κ3) is 2.88. The molecule has 21 heavy (non-hydrogen) atoms. The average Bonchev–Trinajstić information content (AvgIpc) is 2.78. The molecule has 2 unspecified atom stereocenters. The maximum absolute atomic E-state index is 12.2. The maximum atomic E-state index is 12.2. The first-order chi connectivity index (χ1) is 10.1. The summed E-state index contributed by atoms with van der Waals surface area (Å²) < 4.78 is 0. The smallest absolute Gasteiger partial charge is 0.225 e. The van der Waals surface area contributed by atoms with Crippen LogP contribution in [-0.2, 0) is 17.6 Å². The number of fused-ring (bicyclic) bond motifs is 1. The molecule has 1 amide bonds. The minimum Gasteiger partial charge on any atom is -0.508 e. The highest BCUT2D eigenvalue weighted by Gasteiger charge is 2.31. The number of carbonyl (C=O) groups is 1. The summed E-state index contributed by atoms with van der Waals surface area (Å²) in [7, 11) is 0. The molecule has 1 aliphatic rings. The van der Waals surface area contributed by atoms with E-state index in [2.05, 4.69) is 5.32 Å². The van der Waals surface area contributed by atoms with Gasteiger partial charge in [0, 0.05) is 5.56 Å². The van der Waals surface area contributed by atoms with Crippen LogP contribution in [0.25, 0.3) is 0 Å². The van der Waals surface area contributed by atoms with Crippen LogP contribution < -0.4 is 5.32 Å². The largest absolute Gasteiger partial charge is 0.508 e. The van der Waals surface area contributed by atoms with Gasteiger partial charge in [0.25, 0.3) is 0 Å². The molecule has 2 N–H and O–H groups in total. The van der Waals surface area contributed by atoms with Crippen molar-refractivity contribution in [3.63, 3.8) is 0 Å². The minimum absolute atomic E-state index is 0.129. The zero-order valence-corrected chi connectivity index (χ0v) is 12.2. The lowest BCUT2D eigenvalue weighted by Crippen LogP contribution is -2.32. The molecule has 0 bridgehead atoms. The second-order valence-electron chi connectivity index (χ2n) is 5.27. The van der Waals surface area contributed by atoms with Crippen LogP contribution in [0.3, 0.4) is 0 Å². The molecule has 2 aromatic carbocycles. The minimum atomic E-state index is -0.166. The summed E-state index contributed by atoms with van der Waals surface area (Å²) in [4.78, 5) is 12.2. The van der Waals surface area contributed by atoms with E-state index in [1.165, 1.54) is 5.56 Å². The van der Waals surface area contributed by atoms with Gasteiger partial charge in [0.1, 0.15) is 5.75 Å². The molecular formula is C17H16ClNO2. The number of phenolic OH excluding ortho intramolecular Hbond substituents is 1. The van der Waals surface area contributed by atoms with Crippen molar-refractivity contribution in [3.05, 3.63) is 65.2 Å². The van der Waals surface area contributed by atoms with Gasteiger partial charge in [-0.1, -0.05) is 42.5 Å². The molecular weight excluding hydrogens is 286 g/mol. The predicted octanol–water partition coefficient (Wildman–Crippen LogP) is 2.96. The highest BCUT2D eigenvalue weighted by atomic mass is 35.5. The van der Waals surface area contributed by atoms with Gasteiger partial charge < -0.3 is 10.4 Å². The third-order valence-corrected chi connectivity index (χ3v) is 4.23. The number of benzene rings is 2. The first kappa shape index (κ1) is 14.0. The number of aromatic hydroxyl groups is 1. The van der Waals surface area contributed by atoms with Crippen molar-refractivity contribution >= 4 is 17.5 Å². The van der Waals surface area contributed by atoms with Gasteiger partial charge in [0.2, 0.25) is 5.91 Å². The number of para-hydroxylation sites is 1. The summed E-state index contributed by atoms with van der Waals surface area (Å²) in [5, 5.41) is 12.6. The quantitative estimate of drug-likeness (QED) is 0.856. The zero-order valence-electron chi connectivity index (χ0n) is 11.4. The molecule has 0 saturated heterocycles. The van der Waals surface area contributed by atoms with Gasteiger partial charge in [-0.2, -0.15) is 0 Å². The fraction of sp³-hybridized carbons (Fsp3) is 0.235. The number of alkyl halides is 1. The fourth-order valence-corrected chi connectivity index (χ4v) is 3.14. The SMILES string of the molecule is O=C(Cc1ccccc1O)NC1c2ccccc2CC1Cl. The summed E-state index contributed by atoms with van der Waals surface area (Å²) in [6.45, 7) is 0. The van der Waals surface area contributed by atoms with Crippen LogP contribution in [0, 0.1) is 0 Å². The molecule has 2 aromatic rings. The molecule has 0 aromatic heterocycles. The van der Waals surface area contributed by atoms with E-state index in [-0.39, 0.29) is 29.5 Å². The Morgan fingerprint density at radius 2 is 1.90 bits per heavy atom. The van der Waals surface area contributed by atoms with E-state index in [1.807, 2.05) is 24.3 Å². The molecule has 0 fully saturated rings. The van der Waals surface area contributed by atoms with Crippen LogP contribution in [0.5, 0.6) is 5.75 Å². The Bertz CT molecular complexity index is 671. The topological polar surface area (TPSA) is 49.3 Å². The Labute approximate surface area is 128 Å². The number of halogens is 1. The van der Waals surface area contributed by atoms with Gasteiger partial charge in [-0.15, -0.1) is 11.6 Å². The second kappa shape index (κ2) is 5.78. The summed E-state index contributed by atoms with van der Waals surface area (Å²) in [5.41, 5.74) is 2.89. The van der Waals surface area contributed by atoms with Crippen LogP contribution in [0.1, 0.15) is 22.7 Å². The number of phenols is 1. The van der Waals surface area contributed by atoms with E-state index in [0.29, 0.717) is 5.56 Å². The van der Waals surface area contributed by atoms with E-state index in [1.54, 1.807) is 24.3 Å². The summed E-state index contributed by atoms with van der Waals surface area (Å²) in [5.74, 6) is 0.00532. The number of nitrogens with one attached hydrogen (secondary N) is 1. The van der Waals surface area contributed by atoms with Crippen molar-refractivity contribution in [2.45, 2.75) is 24.3 Å². The molecule has 1 aliphatic carbocycles. The van der Waals surface area contributed by atoms with Crippen molar-refractivity contribution in [2.75, 3.05) is 0 Å². The number of carbonyl (C=O) groups excluding carboxylic acids is 1. The van der Waals surface area contributed by atoms with Gasteiger partial charge >= 0.3 is 0 Å². The molecule has 4 heteroatoms. The molecule has 3 nitrogen and oxygen atoms in total. The predicted molar refractivity (Wildman–Crippen MR) is 82.5 cm³/mol. The standard InChI is InChI=1S/C17H16ClNO2/c18-14-9-11-5-1-3-7-13(11)17(14)19-16(21)10-12-6-2-4-8-15(12)20/h1-8,14,17,20H,9-10H2,(H,19,21). The number of hydrogen-bond donors (Lipinski definition) is 2. The molecule has 0 heterocycles.